The van der Waals surface area contributed by atoms with E-state index in [1.165, 1.54) is 13.2 Å². The predicted octanol–water partition coefficient (Wildman–Crippen LogP) is 1.67. The van der Waals surface area contributed by atoms with E-state index in [9.17, 15) is 14.3 Å². The van der Waals surface area contributed by atoms with Gasteiger partial charge in [-0.1, -0.05) is 0 Å². The highest BCUT2D eigenvalue weighted by Gasteiger charge is 2.09. The highest BCUT2D eigenvalue weighted by molar-refractivity contribution is 5.52. The summed E-state index contributed by atoms with van der Waals surface area (Å²) in [5, 5.41) is 9.53. The average molecular weight is 198 g/mol. The van der Waals surface area contributed by atoms with E-state index in [1.54, 1.807) is 0 Å². The van der Waals surface area contributed by atoms with Gasteiger partial charge in [-0.2, -0.15) is 0 Å². The molecular weight excluding hydrogens is 187 g/mol. The second-order valence-electron chi connectivity index (χ2n) is 2.82. The van der Waals surface area contributed by atoms with Crippen LogP contribution in [0.25, 0.3) is 0 Å². The van der Waals surface area contributed by atoms with Crippen LogP contribution in [0.15, 0.2) is 12.1 Å². The van der Waals surface area contributed by atoms with Crippen LogP contribution in [0.2, 0.25) is 0 Å². The van der Waals surface area contributed by atoms with E-state index < -0.39 is 5.82 Å². The molecule has 0 aliphatic heterocycles. The third-order valence-corrected chi connectivity index (χ3v) is 1.87. The van der Waals surface area contributed by atoms with Crippen LogP contribution < -0.4 is 4.74 Å². The van der Waals surface area contributed by atoms with Crippen LogP contribution in [0.3, 0.4) is 0 Å². The number of ether oxygens (including phenoxy) is 1. The summed E-state index contributed by atoms with van der Waals surface area (Å²) in [4.78, 5) is 10.1. The molecule has 0 atom stereocenters. The minimum absolute atomic E-state index is 0.0888. The Morgan fingerprint density at radius 2 is 2.29 bits per heavy atom. The largest absolute Gasteiger partial charge is 0.504 e. The molecule has 4 heteroatoms. The number of phenols is 1. The van der Waals surface area contributed by atoms with Crippen LogP contribution in [0, 0.1) is 5.82 Å². The predicted molar refractivity (Wildman–Crippen MR) is 49.0 cm³/mol. The molecule has 76 valence electrons. The first-order valence-electron chi connectivity index (χ1n) is 4.18. The summed E-state index contributed by atoms with van der Waals surface area (Å²) < 4.78 is 17.7. The highest BCUT2D eigenvalue weighted by atomic mass is 19.1. The Kier molecular flexibility index (Phi) is 3.45. The van der Waals surface area contributed by atoms with Gasteiger partial charge in [0.15, 0.2) is 11.5 Å². The fourth-order valence-electron chi connectivity index (χ4n) is 1.19. The number of benzene rings is 1. The zero-order valence-corrected chi connectivity index (χ0v) is 7.79. The van der Waals surface area contributed by atoms with Crippen molar-refractivity contribution in [2.24, 2.45) is 0 Å². The quantitative estimate of drug-likeness (QED) is 0.748. The second kappa shape index (κ2) is 4.60. The van der Waals surface area contributed by atoms with E-state index in [2.05, 4.69) is 0 Å². The van der Waals surface area contributed by atoms with E-state index in [-0.39, 0.29) is 17.9 Å². The number of methoxy groups -OCH3 is 1. The second-order valence-corrected chi connectivity index (χ2v) is 2.82. The van der Waals surface area contributed by atoms with Gasteiger partial charge in [-0.05, 0) is 12.5 Å². The Bertz CT molecular complexity index is 336. The first-order valence-corrected chi connectivity index (χ1v) is 4.18. The number of aromatic hydroxyl groups is 1. The van der Waals surface area contributed by atoms with Crippen LogP contribution in [-0.4, -0.2) is 18.5 Å². The summed E-state index contributed by atoms with van der Waals surface area (Å²) in [6.45, 7) is 0. The minimum Gasteiger partial charge on any atom is -0.504 e. The summed E-state index contributed by atoms with van der Waals surface area (Å²) in [5.74, 6) is -0.498. The molecule has 1 aromatic rings. The fourth-order valence-corrected chi connectivity index (χ4v) is 1.19. The van der Waals surface area contributed by atoms with Crippen LogP contribution >= 0.6 is 0 Å². The van der Waals surface area contributed by atoms with Gasteiger partial charge in [-0.3, -0.25) is 0 Å². The maximum absolute atomic E-state index is 12.9. The van der Waals surface area contributed by atoms with Crippen molar-refractivity contribution >= 4 is 6.29 Å². The Morgan fingerprint density at radius 1 is 1.57 bits per heavy atom. The SMILES string of the molecule is COc1cc(F)cc(CCC=O)c1O. The van der Waals surface area contributed by atoms with Gasteiger partial charge in [-0.15, -0.1) is 0 Å². The molecule has 1 rings (SSSR count). The summed E-state index contributed by atoms with van der Waals surface area (Å²) in [6, 6.07) is 2.29. The standard InChI is InChI=1S/C10H11FO3/c1-14-9-6-8(11)5-7(10(9)13)3-2-4-12/h4-6,13H,2-3H2,1H3. The normalized spacial score (nSPS) is 9.86. The molecule has 0 heterocycles. The van der Waals surface area contributed by atoms with Gasteiger partial charge < -0.3 is 14.6 Å². The molecule has 0 spiro atoms. The lowest BCUT2D eigenvalue weighted by atomic mass is 10.1. The molecule has 0 saturated carbocycles. The molecule has 1 N–H and O–H groups in total. The first-order chi connectivity index (χ1) is 6.69. The number of hydrogen-bond donors (Lipinski definition) is 1. The molecule has 0 aliphatic carbocycles. The molecule has 0 aromatic heterocycles. The number of carbonyl (C=O) groups is 1. The van der Waals surface area contributed by atoms with Crippen molar-refractivity contribution in [1.82, 2.24) is 0 Å². The molecule has 14 heavy (non-hydrogen) atoms. The third kappa shape index (κ3) is 2.22. The van der Waals surface area contributed by atoms with E-state index in [4.69, 9.17) is 4.74 Å². The van der Waals surface area contributed by atoms with Crippen LogP contribution in [0.5, 0.6) is 11.5 Å². The number of hydrogen-bond acceptors (Lipinski definition) is 3. The minimum atomic E-state index is -0.486. The average Bonchev–Trinajstić information content (AvgIpc) is 2.18. The van der Waals surface area contributed by atoms with Gasteiger partial charge in [0.25, 0.3) is 0 Å². The summed E-state index contributed by atoms with van der Waals surface area (Å²) in [7, 11) is 1.35. The Labute approximate surface area is 81.1 Å². The maximum atomic E-state index is 12.9. The van der Waals surface area contributed by atoms with Crippen molar-refractivity contribution in [3.05, 3.63) is 23.5 Å². The lowest BCUT2D eigenvalue weighted by Crippen LogP contribution is -1.93. The maximum Gasteiger partial charge on any atom is 0.163 e. The molecule has 0 saturated heterocycles. The summed E-state index contributed by atoms with van der Waals surface area (Å²) >= 11 is 0. The fraction of sp³-hybridized carbons (Fsp3) is 0.300. The van der Waals surface area contributed by atoms with Gasteiger partial charge >= 0.3 is 0 Å². The Morgan fingerprint density at radius 3 is 2.86 bits per heavy atom. The Hall–Kier alpha value is -1.58. The van der Waals surface area contributed by atoms with Gasteiger partial charge in [-0.25, -0.2) is 4.39 Å². The number of halogens is 1. The first kappa shape index (κ1) is 10.5. The van der Waals surface area contributed by atoms with Crippen molar-refractivity contribution in [3.63, 3.8) is 0 Å². The van der Waals surface area contributed by atoms with Crippen molar-refractivity contribution in [3.8, 4) is 11.5 Å². The van der Waals surface area contributed by atoms with Crippen molar-refractivity contribution in [2.75, 3.05) is 7.11 Å². The highest BCUT2D eigenvalue weighted by Crippen LogP contribution is 2.31. The van der Waals surface area contributed by atoms with Crippen LogP contribution in [0.4, 0.5) is 4.39 Å². The molecule has 3 nitrogen and oxygen atoms in total. The number of phenolic OH excluding ortho intramolecular Hbond substituents is 1. The molecular formula is C10H11FO3. The molecule has 0 fully saturated rings. The van der Waals surface area contributed by atoms with Gasteiger partial charge in [0.05, 0.1) is 7.11 Å². The number of rotatable bonds is 4. The van der Waals surface area contributed by atoms with E-state index >= 15 is 0 Å². The lowest BCUT2D eigenvalue weighted by molar-refractivity contribution is -0.107. The molecule has 0 amide bonds. The summed E-state index contributed by atoms with van der Waals surface area (Å²) in [5.41, 5.74) is 0.383. The molecule has 0 bridgehead atoms. The number of aldehydes is 1. The van der Waals surface area contributed by atoms with Crippen LogP contribution in [-0.2, 0) is 11.2 Å². The third-order valence-electron chi connectivity index (χ3n) is 1.87. The van der Waals surface area contributed by atoms with Crippen molar-refractivity contribution < 1.29 is 19.0 Å². The molecule has 1 aromatic carbocycles. The molecule has 0 radical (unpaired) electrons. The van der Waals surface area contributed by atoms with Crippen molar-refractivity contribution in [1.29, 1.82) is 0 Å². The summed E-state index contributed by atoms with van der Waals surface area (Å²) in [6.07, 6.45) is 1.28. The van der Waals surface area contributed by atoms with E-state index in [1.807, 2.05) is 0 Å². The zero-order valence-electron chi connectivity index (χ0n) is 7.79. The Balaban J connectivity index is 3.02. The van der Waals surface area contributed by atoms with E-state index in [0.29, 0.717) is 12.0 Å². The molecule has 0 aliphatic rings. The van der Waals surface area contributed by atoms with Crippen LogP contribution in [0.1, 0.15) is 12.0 Å². The van der Waals surface area contributed by atoms with E-state index in [0.717, 1.165) is 12.4 Å². The smallest absolute Gasteiger partial charge is 0.163 e. The topological polar surface area (TPSA) is 46.5 Å². The van der Waals surface area contributed by atoms with Crippen molar-refractivity contribution in [2.45, 2.75) is 12.8 Å². The van der Waals surface area contributed by atoms with Gasteiger partial charge in [0, 0.05) is 18.1 Å². The monoisotopic (exact) mass is 198 g/mol. The zero-order chi connectivity index (χ0) is 10.6. The number of carbonyl (C=O) groups excluding carboxylic acids is 1. The molecule has 0 unspecified atom stereocenters. The number of aryl methyl sites for hydroxylation is 1. The van der Waals surface area contributed by atoms with Gasteiger partial charge in [0.2, 0.25) is 0 Å². The van der Waals surface area contributed by atoms with Gasteiger partial charge in [0.1, 0.15) is 12.1 Å². The lowest BCUT2D eigenvalue weighted by Gasteiger charge is -2.07.